The van der Waals surface area contributed by atoms with Crippen molar-refractivity contribution >= 4 is 11.5 Å². The number of hydrogen-bond acceptors (Lipinski definition) is 3. The molecule has 0 fully saturated rings. The Labute approximate surface area is 98.5 Å². The van der Waals surface area contributed by atoms with Crippen molar-refractivity contribution in [1.82, 2.24) is 4.98 Å². The summed E-state index contributed by atoms with van der Waals surface area (Å²) in [6, 6.07) is 1.99. The second kappa shape index (κ2) is 4.73. The highest BCUT2D eigenvalue weighted by atomic mass is 15.0. The topological polar surface area (TPSA) is 50.9 Å². The zero-order chi connectivity index (χ0) is 12.3. The molecular formula is C13H23N3. The highest BCUT2D eigenvalue weighted by Gasteiger charge is 2.21. The lowest BCUT2D eigenvalue weighted by molar-refractivity contribution is 0.269. The van der Waals surface area contributed by atoms with E-state index in [1.54, 1.807) is 6.20 Å². The Morgan fingerprint density at radius 2 is 2.06 bits per heavy atom. The molecule has 0 radical (unpaired) electrons. The number of pyridine rings is 1. The summed E-state index contributed by atoms with van der Waals surface area (Å²) in [5.41, 5.74) is 7.80. The van der Waals surface area contributed by atoms with Gasteiger partial charge in [0.2, 0.25) is 0 Å². The van der Waals surface area contributed by atoms with Gasteiger partial charge in [0.05, 0.1) is 11.9 Å². The third-order valence-corrected chi connectivity index (χ3v) is 3.44. The first-order valence-corrected chi connectivity index (χ1v) is 5.79. The van der Waals surface area contributed by atoms with Crippen LogP contribution in [0.25, 0.3) is 0 Å². The van der Waals surface area contributed by atoms with Crippen molar-refractivity contribution in [2.75, 3.05) is 17.6 Å². The minimum Gasteiger partial charge on any atom is -0.397 e. The molecule has 0 amide bonds. The maximum absolute atomic E-state index is 5.73. The van der Waals surface area contributed by atoms with E-state index >= 15 is 0 Å². The zero-order valence-electron chi connectivity index (χ0n) is 11.0. The fourth-order valence-corrected chi connectivity index (χ4v) is 1.19. The number of aromatic nitrogens is 1. The SMILES string of the molecule is Cc1cc(NCC(C)(C)C(C)C)ncc1N. The first-order valence-electron chi connectivity index (χ1n) is 5.79. The number of rotatable bonds is 4. The van der Waals surface area contributed by atoms with Gasteiger partial charge in [-0.15, -0.1) is 0 Å². The predicted molar refractivity (Wildman–Crippen MR) is 70.5 cm³/mol. The van der Waals surface area contributed by atoms with Crippen LogP contribution in [-0.4, -0.2) is 11.5 Å². The van der Waals surface area contributed by atoms with E-state index < -0.39 is 0 Å². The molecule has 0 atom stereocenters. The molecule has 0 spiro atoms. The third kappa shape index (κ3) is 3.12. The summed E-state index contributed by atoms with van der Waals surface area (Å²) >= 11 is 0. The molecule has 0 saturated heterocycles. The lowest BCUT2D eigenvalue weighted by atomic mass is 9.81. The molecule has 0 bridgehead atoms. The molecule has 1 aromatic heterocycles. The van der Waals surface area contributed by atoms with Crippen molar-refractivity contribution in [3.63, 3.8) is 0 Å². The van der Waals surface area contributed by atoms with Crippen LogP contribution in [0.5, 0.6) is 0 Å². The highest BCUT2D eigenvalue weighted by molar-refractivity contribution is 5.50. The molecule has 3 heteroatoms. The second-order valence-corrected chi connectivity index (χ2v) is 5.42. The maximum Gasteiger partial charge on any atom is 0.126 e. The molecule has 90 valence electrons. The van der Waals surface area contributed by atoms with E-state index in [2.05, 4.69) is 38.0 Å². The number of nitrogen functional groups attached to an aromatic ring is 1. The van der Waals surface area contributed by atoms with E-state index in [1.165, 1.54) is 0 Å². The van der Waals surface area contributed by atoms with E-state index in [0.717, 1.165) is 23.6 Å². The van der Waals surface area contributed by atoms with Gasteiger partial charge in [0, 0.05) is 6.54 Å². The molecule has 0 aliphatic heterocycles. The molecule has 0 unspecified atom stereocenters. The average molecular weight is 221 g/mol. The van der Waals surface area contributed by atoms with E-state index in [9.17, 15) is 0 Å². The first-order chi connectivity index (χ1) is 7.33. The summed E-state index contributed by atoms with van der Waals surface area (Å²) in [5, 5.41) is 3.37. The Morgan fingerprint density at radius 3 is 2.56 bits per heavy atom. The monoisotopic (exact) mass is 221 g/mol. The summed E-state index contributed by atoms with van der Waals surface area (Å²) in [6.07, 6.45) is 1.71. The van der Waals surface area contributed by atoms with Crippen LogP contribution >= 0.6 is 0 Å². The molecule has 3 nitrogen and oxygen atoms in total. The van der Waals surface area contributed by atoms with Crippen LogP contribution in [0, 0.1) is 18.3 Å². The Kier molecular flexibility index (Phi) is 3.79. The van der Waals surface area contributed by atoms with Crippen LogP contribution in [0.2, 0.25) is 0 Å². The quantitative estimate of drug-likeness (QED) is 0.821. The van der Waals surface area contributed by atoms with Gasteiger partial charge in [-0.3, -0.25) is 0 Å². The average Bonchev–Trinajstić information content (AvgIpc) is 2.20. The first kappa shape index (κ1) is 12.8. The van der Waals surface area contributed by atoms with Crippen molar-refractivity contribution in [2.45, 2.75) is 34.6 Å². The van der Waals surface area contributed by atoms with E-state index in [-0.39, 0.29) is 5.41 Å². The van der Waals surface area contributed by atoms with Crippen LogP contribution in [0.1, 0.15) is 33.3 Å². The van der Waals surface area contributed by atoms with Crippen LogP contribution in [0.15, 0.2) is 12.3 Å². The smallest absolute Gasteiger partial charge is 0.126 e. The Bertz CT molecular complexity index is 356. The van der Waals surface area contributed by atoms with E-state index in [0.29, 0.717) is 5.92 Å². The lowest BCUT2D eigenvalue weighted by Gasteiger charge is -2.29. The highest BCUT2D eigenvalue weighted by Crippen LogP contribution is 2.26. The number of nitrogens with two attached hydrogens (primary N) is 1. The number of nitrogens with zero attached hydrogens (tertiary/aromatic N) is 1. The molecule has 3 N–H and O–H groups in total. The molecule has 1 rings (SSSR count). The number of anilines is 2. The Balaban J connectivity index is 2.65. The van der Waals surface area contributed by atoms with Crippen molar-refractivity contribution in [3.05, 3.63) is 17.8 Å². The largest absolute Gasteiger partial charge is 0.397 e. The van der Waals surface area contributed by atoms with Crippen LogP contribution < -0.4 is 11.1 Å². The van der Waals surface area contributed by atoms with Gasteiger partial charge in [-0.25, -0.2) is 4.98 Å². The summed E-state index contributed by atoms with van der Waals surface area (Å²) in [6.45, 7) is 11.9. The molecule has 0 saturated carbocycles. The van der Waals surface area contributed by atoms with Gasteiger partial charge in [0.1, 0.15) is 5.82 Å². The zero-order valence-corrected chi connectivity index (χ0v) is 11.0. The maximum atomic E-state index is 5.73. The number of aryl methyl sites for hydroxylation is 1. The van der Waals surface area contributed by atoms with Crippen molar-refractivity contribution in [3.8, 4) is 0 Å². The number of nitrogens with one attached hydrogen (secondary N) is 1. The van der Waals surface area contributed by atoms with E-state index in [4.69, 9.17) is 5.73 Å². The summed E-state index contributed by atoms with van der Waals surface area (Å²) in [5.74, 6) is 1.54. The van der Waals surface area contributed by atoms with Crippen molar-refractivity contribution < 1.29 is 0 Å². The normalized spacial score (nSPS) is 11.9. The van der Waals surface area contributed by atoms with Crippen molar-refractivity contribution in [1.29, 1.82) is 0 Å². The van der Waals surface area contributed by atoms with Crippen molar-refractivity contribution in [2.24, 2.45) is 11.3 Å². The molecule has 0 aliphatic carbocycles. The molecule has 0 aliphatic rings. The molecule has 16 heavy (non-hydrogen) atoms. The minimum atomic E-state index is 0.261. The Morgan fingerprint density at radius 1 is 1.44 bits per heavy atom. The van der Waals surface area contributed by atoms with Gasteiger partial charge in [-0.2, -0.15) is 0 Å². The van der Waals surface area contributed by atoms with Gasteiger partial charge >= 0.3 is 0 Å². The number of hydrogen-bond donors (Lipinski definition) is 2. The summed E-state index contributed by atoms with van der Waals surface area (Å²) in [7, 11) is 0. The fraction of sp³-hybridized carbons (Fsp3) is 0.615. The van der Waals surface area contributed by atoms with Crippen LogP contribution in [0.4, 0.5) is 11.5 Å². The van der Waals surface area contributed by atoms with Crippen LogP contribution in [0.3, 0.4) is 0 Å². The third-order valence-electron chi connectivity index (χ3n) is 3.44. The minimum absolute atomic E-state index is 0.261. The second-order valence-electron chi connectivity index (χ2n) is 5.42. The van der Waals surface area contributed by atoms with Gasteiger partial charge in [0.25, 0.3) is 0 Å². The molecule has 0 aromatic carbocycles. The molecule has 1 aromatic rings. The summed E-state index contributed by atoms with van der Waals surface area (Å²) < 4.78 is 0. The van der Waals surface area contributed by atoms with Gasteiger partial charge in [-0.1, -0.05) is 27.7 Å². The van der Waals surface area contributed by atoms with Gasteiger partial charge in [0.15, 0.2) is 0 Å². The van der Waals surface area contributed by atoms with Gasteiger partial charge in [-0.05, 0) is 29.9 Å². The standard InChI is InChI=1S/C13H23N3/c1-9(2)13(4,5)8-16-12-6-10(3)11(14)7-15-12/h6-7,9H,8,14H2,1-5H3,(H,15,16). The summed E-state index contributed by atoms with van der Waals surface area (Å²) in [4.78, 5) is 4.27. The molecule has 1 heterocycles. The van der Waals surface area contributed by atoms with E-state index in [1.807, 2.05) is 13.0 Å². The lowest BCUT2D eigenvalue weighted by Crippen LogP contribution is -2.28. The Hall–Kier alpha value is -1.25. The van der Waals surface area contributed by atoms with Gasteiger partial charge < -0.3 is 11.1 Å². The predicted octanol–water partition coefficient (Wildman–Crippen LogP) is 3.07. The van der Waals surface area contributed by atoms with Crippen LogP contribution in [-0.2, 0) is 0 Å². The molecular weight excluding hydrogens is 198 g/mol. The fourth-order valence-electron chi connectivity index (χ4n) is 1.19.